The zero-order valence-electron chi connectivity index (χ0n) is 11.7. The van der Waals surface area contributed by atoms with E-state index in [1.165, 1.54) is 22.6 Å². The molecule has 2 heteroatoms. The monoisotopic (exact) mass is 271 g/mol. The number of benzene rings is 1. The average molecular weight is 271 g/mol. The molecule has 0 amide bonds. The summed E-state index contributed by atoms with van der Waals surface area (Å²) < 4.78 is 0. The minimum atomic E-state index is 0.660. The van der Waals surface area contributed by atoms with Gasteiger partial charge in [-0.25, -0.2) is 0 Å². The molecule has 0 saturated carbocycles. The highest BCUT2D eigenvalue weighted by atomic mass is 32.2. The third-order valence-electron chi connectivity index (χ3n) is 3.41. The van der Waals surface area contributed by atoms with Crippen LogP contribution in [0, 0.1) is 0 Å². The van der Waals surface area contributed by atoms with E-state index in [0.717, 1.165) is 12.2 Å². The summed E-state index contributed by atoms with van der Waals surface area (Å²) in [6, 6.07) is 15.1. The molecule has 0 saturated heterocycles. The Labute approximate surface area is 120 Å². The quantitative estimate of drug-likeness (QED) is 0.691. The number of hydrogen-bond donors (Lipinski definition) is 0. The molecular weight excluding hydrogens is 250 g/mol. The molecule has 2 rings (SSSR count). The number of aromatic nitrogens is 1. The molecule has 19 heavy (non-hydrogen) atoms. The van der Waals surface area contributed by atoms with Crippen molar-refractivity contribution in [3.63, 3.8) is 0 Å². The van der Waals surface area contributed by atoms with E-state index >= 15 is 0 Å². The van der Waals surface area contributed by atoms with Crippen LogP contribution in [0.25, 0.3) is 0 Å². The third kappa shape index (κ3) is 4.39. The Morgan fingerprint density at radius 3 is 2.53 bits per heavy atom. The molecule has 2 aromatic rings. The van der Waals surface area contributed by atoms with E-state index in [-0.39, 0.29) is 0 Å². The fourth-order valence-electron chi connectivity index (χ4n) is 1.95. The molecule has 0 radical (unpaired) electrons. The van der Waals surface area contributed by atoms with E-state index < -0.39 is 0 Å². The molecule has 1 atom stereocenters. The predicted octanol–water partition coefficient (Wildman–Crippen LogP) is 4.93. The molecule has 0 unspecified atom stereocenters. The summed E-state index contributed by atoms with van der Waals surface area (Å²) >= 11 is 1.90. The summed E-state index contributed by atoms with van der Waals surface area (Å²) in [5.74, 6) is 1.74. The number of rotatable bonds is 6. The van der Waals surface area contributed by atoms with E-state index in [0.29, 0.717) is 5.92 Å². The molecule has 0 aliphatic heterocycles. The smallest absolute Gasteiger partial charge is 0.0411 e. The summed E-state index contributed by atoms with van der Waals surface area (Å²) in [6.45, 7) is 4.52. The molecule has 0 fully saturated rings. The maximum atomic E-state index is 4.34. The number of pyridine rings is 1. The second kappa shape index (κ2) is 7.34. The highest BCUT2D eigenvalue weighted by Gasteiger charge is 2.02. The van der Waals surface area contributed by atoms with E-state index in [1.54, 1.807) is 0 Å². The Hall–Kier alpha value is -1.28. The Morgan fingerprint density at radius 1 is 1.11 bits per heavy atom. The zero-order valence-corrected chi connectivity index (χ0v) is 12.5. The van der Waals surface area contributed by atoms with Crippen LogP contribution in [0.4, 0.5) is 0 Å². The molecule has 0 aliphatic rings. The van der Waals surface area contributed by atoms with Gasteiger partial charge in [0.15, 0.2) is 0 Å². The van der Waals surface area contributed by atoms with Crippen LogP contribution in [-0.4, -0.2) is 10.7 Å². The van der Waals surface area contributed by atoms with Crippen molar-refractivity contribution >= 4 is 11.8 Å². The van der Waals surface area contributed by atoms with E-state index in [4.69, 9.17) is 0 Å². The molecule has 1 heterocycles. The van der Waals surface area contributed by atoms with Crippen molar-refractivity contribution in [3.05, 3.63) is 59.9 Å². The van der Waals surface area contributed by atoms with Crippen molar-refractivity contribution in [1.82, 2.24) is 4.98 Å². The van der Waals surface area contributed by atoms with Crippen LogP contribution in [0.5, 0.6) is 0 Å². The molecular formula is C17H21NS. The summed E-state index contributed by atoms with van der Waals surface area (Å²) in [6.07, 6.45) is 4.09. The SMILES string of the molecule is CC[C@H](C)c1ccc(SCCc2ccccn2)cc1. The first-order valence-electron chi connectivity index (χ1n) is 6.92. The lowest BCUT2D eigenvalue weighted by molar-refractivity contribution is 0.733. The molecule has 0 aliphatic carbocycles. The highest BCUT2D eigenvalue weighted by molar-refractivity contribution is 7.99. The third-order valence-corrected chi connectivity index (χ3v) is 4.43. The standard InChI is InChI=1S/C17H21NS/c1-3-14(2)15-7-9-17(10-8-15)19-13-11-16-6-4-5-12-18-16/h4-10,12,14H,3,11,13H2,1-2H3/t14-/m0/s1. The van der Waals surface area contributed by atoms with Gasteiger partial charge in [-0.1, -0.05) is 32.0 Å². The summed E-state index contributed by atoms with van der Waals surface area (Å²) in [5, 5.41) is 0. The summed E-state index contributed by atoms with van der Waals surface area (Å²) in [5.41, 5.74) is 2.61. The largest absolute Gasteiger partial charge is 0.261 e. The lowest BCUT2D eigenvalue weighted by Crippen LogP contribution is -1.92. The van der Waals surface area contributed by atoms with Crippen LogP contribution in [-0.2, 0) is 6.42 Å². The maximum absolute atomic E-state index is 4.34. The molecule has 0 N–H and O–H groups in total. The number of aryl methyl sites for hydroxylation is 1. The topological polar surface area (TPSA) is 12.9 Å². The second-order valence-electron chi connectivity index (χ2n) is 4.80. The first-order chi connectivity index (χ1) is 9.29. The van der Waals surface area contributed by atoms with Gasteiger partial charge in [0.2, 0.25) is 0 Å². The van der Waals surface area contributed by atoms with Crippen molar-refractivity contribution in [2.45, 2.75) is 37.5 Å². The molecule has 0 spiro atoms. The van der Waals surface area contributed by atoms with Crippen LogP contribution in [0.15, 0.2) is 53.6 Å². The van der Waals surface area contributed by atoms with Crippen molar-refractivity contribution in [3.8, 4) is 0 Å². The molecule has 1 nitrogen and oxygen atoms in total. The Balaban J connectivity index is 1.83. The van der Waals surface area contributed by atoms with Gasteiger partial charge in [-0.2, -0.15) is 0 Å². The maximum Gasteiger partial charge on any atom is 0.0411 e. The van der Waals surface area contributed by atoms with Crippen LogP contribution in [0.1, 0.15) is 37.4 Å². The number of hydrogen-bond acceptors (Lipinski definition) is 2. The minimum absolute atomic E-state index is 0.660. The van der Waals surface area contributed by atoms with Crippen molar-refractivity contribution in [2.24, 2.45) is 0 Å². The highest BCUT2D eigenvalue weighted by Crippen LogP contribution is 2.23. The minimum Gasteiger partial charge on any atom is -0.261 e. The summed E-state index contributed by atoms with van der Waals surface area (Å²) in [7, 11) is 0. The molecule has 1 aromatic carbocycles. The zero-order chi connectivity index (χ0) is 13.5. The van der Waals surface area contributed by atoms with Gasteiger partial charge in [0, 0.05) is 22.5 Å². The van der Waals surface area contributed by atoms with Gasteiger partial charge in [-0.3, -0.25) is 4.98 Å². The van der Waals surface area contributed by atoms with Gasteiger partial charge >= 0.3 is 0 Å². The van der Waals surface area contributed by atoms with Crippen LogP contribution in [0.2, 0.25) is 0 Å². The van der Waals surface area contributed by atoms with Gasteiger partial charge in [0.05, 0.1) is 0 Å². The van der Waals surface area contributed by atoms with E-state index in [2.05, 4.69) is 49.2 Å². The van der Waals surface area contributed by atoms with Crippen molar-refractivity contribution < 1.29 is 0 Å². The first kappa shape index (κ1) is 14.1. The van der Waals surface area contributed by atoms with Gasteiger partial charge in [-0.05, 0) is 48.6 Å². The predicted molar refractivity (Wildman–Crippen MR) is 83.8 cm³/mol. The molecule has 0 bridgehead atoms. The van der Waals surface area contributed by atoms with Gasteiger partial charge in [0.25, 0.3) is 0 Å². The van der Waals surface area contributed by atoms with Crippen molar-refractivity contribution in [2.75, 3.05) is 5.75 Å². The lowest BCUT2D eigenvalue weighted by Gasteiger charge is -2.09. The van der Waals surface area contributed by atoms with Crippen LogP contribution >= 0.6 is 11.8 Å². The Kier molecular flexibility index (Phi) is 5.46. The van der Waals surface area contributed by atoms with E-state index in [9.17, 15) is 0 Å². The molecule has 100 valence electrons. The lowest BCUT2D eigenvalue weighted by atomic mass is 9.99. The normalized spacial score (nSPS) is 12.3. The van der Waals surface area contributed by atoms with Gasteiger partial charge in [0.1, 0.15) is 0 Å². The first-order valence-corrected chi connectivity index (χ1v) is 7.91. The van der Waals surface area contributed by atoms with Gasteiger partial charge in [-0.15, -0.1) is 11.8 Å². The van der Waals surface area contributed by atoms with Crippen molar-refractivity contribution in [1.29, 1.82) is 0 Å². The Morgan fingerprint density at radius 2 is 1.89 bits per heavy atom. The van der Waals surface area contributed by atoms with E-state index in [1.807, 2.05) is 30.1 Å². The number of nitrogens with zero attached hydrogens (tertiary/aromatic N) is 1. The number of thioether (sulfide) groups is 1. The second-order valence-corrected chi connectivity index (χ2v) is 5.97. The van der Waals surface area contributed by atoms with Gasteiger partial charge < -0.3 is 0 Å². The van der Waals surface area contributed by atoms with Crippen LogP contribution in [0.3, 0.4) is 0 Å². The van der Waals surface area contributed by atoms with Crippen LogP contribution < -0.4 is 0 Å². The fraction of sp³-hybridized carbons (Fsp3) is 0.353. The average Bonchev–Trinajstić information content (AvgIpc) is 2.48. The fourth-order valence-corrected chi connectivity index (χ4v) is 2.82. The Bertz CT molecular complexity index is 478. The summed E-state index contributed by atoms with van der Waals surface area (Å²) in [4.78, 5) is 5.69. The molecule has 1 aromatic heterocycles.